The lowest BCUT2D eigenvalue weighted by Gasteiger charge is -2.11. The number of aryl methyl sites for hydroxylation is 2. The Hall–Kier alpha value is -1.89. The van der Waals surface area contributed by atoms with Gasteiger partial charge in [0.2, 0.25) is 0 Å². The van der Waals surface area contributed by atoms with E-state index in [-0.39, 0.29) is 5.78 Å². The third-order valence-corrected chi connectivity index (χ3v) is 3.59. The van der Waals surface area contributed by atoms with Gasteiger partial charge in [0.1, 0.15) is 0 Å². The molecule has 2 rings (SSSR count). The van der Waals surface area contributed by atoms with E-state index in [2.05, 4.69) is 32.0 Å². The molecule has 0 radical (unpaired) electrons. The maximum atomic E-state index is 11.7. The molecular weight excluding hydrogens is 232 g/mol. The van der Waals surface area contributed by atoms with Gasteiger partial charge in [-0.15, -0.1) is 0 Å². The van der Waals surface area contributed by atoms with E-state index in [1.54, 1.807) is 6.92 Å². The molecule has 0 heterocycles. The number of hydrogen-bond acceptors (Lipinski definition) is 1. The Balaban J connectivity index is 2.56. The summed E-state index contributed by atoms with van der Waals surface area (Å²) in [5.74, 6) is 0.119. The van der Waals surface area contributed by atoms with Crippen LogP contribution in [0.3, 0.4) is 0 Å². The summed E-state index contributed by atoms with van der Waals surface area (Å²) in [5, 5.41) is 0. The first kappa shape index (κ1) is 13.5. The topological polar surface area (TPSA) is 17.1 Å². The van der Waals surface area contributed by atoms with E-state index in [9.17, 15) is 4.79 Å². The Morgan fingerprint density at radius 1 is 0.947 bits per heavy atom. The number of benzene rings is 2. The fourth-order valence-electron chi connectivity index (χ4n) is 2.51. The summed E-state index contributed by atoms with van der Waals surface area (Å²) in [6, 6.07) is 14.4. The van der Waals surface area contributed by atoms with Gasteiger partial charge in [-0.05, 0) is 42.0 Å². The monoisotopic (exact) mass is 252 g/mol. The van der Waals surface area contributed by atoms with Crippen molar-refractivity contribution in [3.8, 4) is 11.1 Å². The highest BCUT2D eigenvalue weighted by atomic mass is 16.1. The number of ketones is 1. The molecule has 0 unspecified atom stereocenters. The zero-order valence-electron chi connectivity index (χ0n) is 11.9. The first-order valence-electron chi connectivity index (χ1n) is 6.89. The molecule has 0 fully saturated rings. The maximum absolute atomic E-state index is 11.7. The highest BCUT2D eigenvalue weighted by Gasteiger charge is 2.09. The van der Waals surface area contributed by atoms with Crippen LogP contribution in [-0.4, -0.2) is 5.78 Å². The highest BCUT2D eigenvalue weighted by Crippen LogP contribution is 2.26. The molecular formula is C18H20O. The zero-order chi connectivity index (χ0) is 13.8. The van der Waals surface area contributed by atoms with Gasteiger partial charge in [-0.1, -0.05) is 56.3 Å². The molecule has 2 aromatic rings. The van der Waals surface area contributed by atoms with Gasteiger partial charge in [-0.25, -0.2) is 0 Å². The van der Waals surface area contributed by atoms with Crippen molar-refractivity contribution in [1.82, 2.24) is 0 Å². The summed E-state index contributed by atoms with van der Waals surface area (Å²) >= 11 is 0. The van der Waals surface area contributed by atoms with Gasteiger partial charge in [0, 0.05) is 5.56 Å². The van der Waals surface area contributed by atoms with Crippen LogP contribution in [-0.2, 0) is 12.8 Å². The Kier molecular flexibility index (Phi) is 4.16. The van der Waals surface area contributed by atoms with Crippen molar-refractivity contribution in [3.05, 3.63) is 59.2 Å². The largest absolute Gasteiger partial charge is 0.294 e. The van der Waals surface area contributed by atoms with Crippen molar-refractivity contribution >= 4 is 5.78 Å². The average Bonchev–Trinajstić information content (AvgIpc) is 2.46. The SMILES string of the molecule is CCc1ccc(-c2ccccc2C(C)=O)cc1CC. The molecule has 98 valence electrons. The van der Waals surface area contributed by atoms with Crippen LogP contribution in [0.15, 0.2) is 42.5 Å². The fraction of sp³-hybridized carbons (Fsp3) is 0.278. The van der Waals surface area contributed by atoms with Crippen LogP contribution < -0.4 is 0 Å². The van der Waals surface area contributed by atoms with Crippen molar-refractivity contribution in [1.29, 1.82) is 0 Å². The molecule has 19 heavy (non-hydrogen) atoms. The van der Waals surface area contributed by atoms with Crippen molar-refractivity contribution < 1.29 is 4.79 Å². The van der Waals surface area contributed by atoms with E-state index in [1.807, 2.05) is 24.3 Å². The van der Waals surface area contributed by atoms with Gasteiger partial charge < -0.3 is 0 Å². The summed E-state index contributed by atoms with van der Waals surface area (Å²) in [5.41, 5.74) is 5.74. The molecule has 0 aliphatic rings. The van der Waals surface area contributed by atoms with E-state index in [1.165, 1.54) is 11.1 Å². The third-order valence-electron chi connectivity index (χ3n) is 3.59. The summed E-state index contributed by atoms with van der Waals surface area (Å²) in [4.78, 5) is 11.7. The van der Waals surface area contributed by atoms with E-state index in [0.717, 1.165) is 29.5 Å². The molecule has 0 amide bonds. The van der Waals surface area contributed by atoms with Crippen molar-refractivity contribution in [2.75, 3.05) is 0 Å². The summed E-state index contributed by atoms with van der Waals surface area (Å²) in [6.45, 7) is 5.98. The van der Waals surface area contributed by atoms with Gasteiger partial charge in [0.05, 0.1) is 0 Å². The molecule has 0 saturated heterocycles. The quantitative estimate of drug-likeness (QED) is 0.722. The second kappa shape index (κ2) is 5.83. The molecule has 0 spiro atoms. The van der Waals surface area contributed by atoms with Crippen LogP contribution in [0.2, 0.25) is 0 Å². The first-order valence-corrected chi connectivity index (χ1v) is 6.89. The molecule has 0 atom stereocenters. The Labute approximate surface area is 115 Å². The first-order chi connectivity index (χ1) is 9.17. The van der Waals surface area contributed by atoms with Crippen LogP contribution in [0.25, 0.3) is 11.1 Å². The summed E-state index contributed by atoms with van der Waals surface area (Å²) in [6.07, 6.45) is 2.08. The Bertz CT molecular complexity index is 596. The standard InChI is InChI=1S/C18H20O/c1-4-14-10-11-16(12-15(14)5-2)18-9-7-6-8-17(18)13(3)19/h6-12H,4-5H2,1-3H3. The molecule has 0 aliphatic carbocycles. The van der Waals surface area contributed by atoms with Crippen LogP contribution >= 0.6 is 0 Å². The van der Waals surface area contributed by atoms with Crippen LogP contribution in [0.4, 0.5) is 0 Å². The molecule has 0 aliphatic heterocycles. The lowest BCUT2D eigenvalue weighted by molar-refractivity contribution is 0.101. The minimum Gasteiger partial charge on any atom is -0.294 e. The second-order valence-corrected chi connectivity index (χ2v) is 4.79. The Morgan fingerprint density at radius 3 is 2.26 bits per heavy atom. The molecule has 0 saturated carbocycles. The molecule has 0 bridgehead atoms. The highest BCUT2D eigenvalue weighted by molar-refractivity contribution is 6.00. The fourth-order valence-corrected chi connectivity index (χ4v) is 2.51. The van der Waals surface area contributed by atoms with Crippen molar-refractivity contribution in [2.24, 2.45) is 0 Å². The number of rotatable bonds is 4. The number of hydrogen-bond donors (Lipinski definition) is 0. The van der Waals surface area contributed by atoms with Gasteiger partial charge in [0.15, 0.2) is 5.78 Å². The number of carbonyl (C=O) groups is 1. The zero-order valence-corrected chi connectivity index (χ0v) is 11.9. The molecule has 2 aromatic carbocycles. The number of Topliss-reactive ketones (excluding diaryl/α,β-unsaturated/α-hetero) is 1. The van der Waals surface area contributed by atoms with Crippen LogP contribution in [0, 0.1) is 0 Å². The predicted octanol–water partition coefficient (Wildman–Crippen LogP) is 4.68. The van der Waals surface area contributed by atoms with E-state index < -0.39 is 0 Å². The molecule has 0 N–H and O–H groups in total. The summed E-state index contributed by atoms with van der Waals surface area (Å²) < 4.78 is 0. The average molecular weight is 252 g/mol. The Morgan fingerprint density at radius 2 is 1.63 bits per heavy atom. The maximum Gasteiger partial charge on any atom is 0.160 e. The normalized spacial score (nSPS) is 10.5. The molecule has 0 aromatic heterocycles. The second-order valence-electron chi connectivity index (χ2n) is 4.79. The minimum absolute atomic E-state index is 0.119. The van der Waals surface area contributed by atoms with Gasteiger partial charge in [0.25, 0.3) is 0 Å². The minimum atomic E-state index is 0.119. The predicted molar refractivity (Wildman–Crippen MR) is 80.6 cm³/mol. The molecule has 1 heteroatoms. The lowest BCUT2D eigenvalue weighted by Crippen LogP contribution is -1.97. The third kappa shape index (κ3) is 2.76. The van der Waals surface area contributed by atoms with Crippen molar-refractivity contribution in [2.45, 2.75) is 33.6 Å². The smallest absolute Gasteiger partial charge is 0.160 e. The van der Waals surface area contributed by atoms with Crippen molar-refractivity contribution in [3.63, 3.8) is 0 Å². The van der Waals surface area contributed by atoms with Gasteiger partial charge in [-0.3, -0.25) is 4.79 Å². The van der Waals surface area contributed by atoms with Crippen LogP contribution in [0.5, 0.6) is 0 Å². The van der Waals surface area contributed by atoms with Gasteiger partial charge >= 0.3 is 0 Å². The molecule has 1 nitrogen and oxygen atoms in total. The van der Waals surface area contributed by atoms with E-state index in [0.29, 0.717) is 0 Å². The van der Waals surface area contributed by atoms with E-state index in [4.69, 9.17) is 0 Å². The summed E-state index contributed by atoms with van der Waals surface area (Å²) in [7, 11) is 0. The van der Waals surface area contributed by atoms with E-state index >= 15 is 0 Å². The lowest BCUT2D eigenvalue weighted by atomic mass is 9.93. The van der Waals surface area contributed by atoms with Gasteiger partial charge in [-0.2, -0.15) is 0 Å². The van der Waals surface area contributed by atoms with Crippen LogP contribution in [0.1, 0.15) is 42.3 Å². The number of carbonyl (C=O) groups excluding carboxylic acids is 1.